The zero-order valence-electron chi connectivity index (χ0n) is 11.5. The van der Waals surface area contributed by atoms with Crippen LogP contribution in [0.2, 0.25) is 0 Å². The van der Waals surface area contributed by atoms with Crippen molar-refractivity contribution in [2.75, 3.05) is 0 Å². The summed E-state index contributed by atoms with van der Waals surface area (Å²) >= 11 is 0. The van der Waals surface area contributed by atoms with Gasteiger partial charge in [-0.05, 0) is 25.2 Å². The van der Waals surface area contributed by atoms with Gasteiger partial charge in [-0.25, -0.2) is 0 Å². The highest BCUT2D eigenvalue weighted by molar-refractivity contribution is 5.16. The van der Waals surface area contributed by atoms with Crippen LogP contribution < -0.4 is 5.73 Å². The Bertz CT molecular complexity index is 439. The average molecular weight is 248 g/mol. The van der Waals surface area contributed by atoms with Crippen molar-refractivity contribution in [1.82, 2.24) is 14.8 Å². The van der Waals surface area contributed by atoms with Crippen LogP contribution in [0.25, 0.3) is 0 Å². The van der Waals surface area contributed by atoms with Crippen LogP contribution in [0.1, 0.15) is 57.6 Å². The zero-order valence-corrected chi connectivity index (χ0v) is 11.5. The van der Waals surface area contributed by atoms with Crippen LogP contribution in [0, 0.1) is 5.92 Å². The molecule has 1 aromatic heterocycles. The van der Waals surface area contributed by atoms with E-state index < -0.39 is 0 Å². The maximum Gasteiger partial charge on any atom is 0.140 e. The zero-order chi connectivity index (χ0) is 12.8. The van der Waals surface area contributed by atoms with Gasteiger partial charge in [-0.2, -0.15) is 0 Å². The predicted octanol–water partition coefficient (Wildman–Crippen LogP) is 2.02. The van der Waals surface area contributed by atoms with E-state index in [9.17, 15) is 0 Å². The first kappa shape index (κ1) is 12.2. The quantitative estimate of drug-likeness (QED) is 0.827. The lowest BCUT2D eigenvalue weighted by Gasteiger charge is -2.39. The van der Waals surface area contributed by atoms with Gasteiger partial charge in [-0.3, -0.25) is 0 Å². The molecular formula is C14H24N4. The van der Waals surface area contributed by atoms with Crippen molar-refractivity contribution in [2.24, 2.45) is 11.7 Å². The molecule has 3 unspecified atom stereocenters. The molecule has 18 heavy (non-hydrogen) atoms. The van der Waals surface area contributed by atoms with Gasteiger partial charge >= 0.3 is 0 Å². The second-order valence-electron chi connectivity index (χ2n) is 6.46. The molecule has 1 aliphatic carbocycles. The molecule has 2 aliphatic rings. The third-order valence-corrected chi connectivity index (χ3v) is 4.99. The van der Waals surface area contributed by atoms with Gasteiger partial charge < -0.3 is 10.3 Å². The first-order valence-corrected chi connectivity index (χ1v) is 7.29. The molecule has 1 aliphatic heterocycles. The summed E-state index contributed by atoms with van der Waals surface area (Å²) in [6.07, 6.45) is 7.11. The van der Waals surface area contributed by atoms with Crippen molar-refractivity contribution in [2.45, 2.75) is 70.4 Å². The fourth-order valence-corrected chi connectivity index (χ4v) is 3.55. The molecule has 4 heteroatoms. The molecule has 0 saturated heterocycles. The highest BCUT2D eigenvalue weighted by Gasteiger charge is 2.41. The van der Waals surface area contributed by atoms with Crippen LogP contribution >= 0.6 is 0 Å². The molecule has 100 valence electrons. The Kier molecular flexibility index (Phi) is 2.93. The van der Waals surface area contributed by atoms with E-state index in [4.69, 9.17) is 5.73 Å². The highest BCUT2D eigenvalue weighted by atomic mass is 15.3. The fourth-order valence-electron chi connectivity index (χ4n) is 3.55. The minimum absolute atomic E-state index is 0.0318. The third-order valence-electron chi connectivity index (χ3n) is 4.99. The molecule has 3 atom stereocenters. The molecule has 1 aromatic rings. The van der Waals surface area contributed by atoms with E-state index in [2.05, 4.69) is 28.6 Å². The Morgan fingerprint density at radius 1 is 1.28 bits per heavy atom. The highest BCUT2D eigenvalue weighted by Crippen LogP contribution is 2.38. The van der Waals surface area contributed by atoms with E-state index in [1.807, 2.05) is 0 Å². The molecule has 0 aromatic carbocycles. The van der Waals surface area contributed by atoms with Crippen LogP contribution in [0.5, 0.6) is 0 Å². The summed E-state index contributed by atoms with van der Waals surface area (Å²) in [6, 6.07) is 0.235. The molecule has 0 radical (unpaired) electrons. The summed E-state index contributed by atoms with van der Waals surface area (Å²) in [7, 11) is 0. The second kappa shape index (κ2) is 4.34. The minimum atomic E-state index is 0.0318. The van der Waals surface area contributed by atoms with Gasteiger partial charge in [0, 0.05) is 24.4 Å². The van der Waals surface area contributed by atoms with Gasteiger partial charge in [0.2, 0.25) is 0 Å². The summed E-state index contributed by atoms with van der Waals surface area (Å²) < 4.78 is 2.35. The summed E-state index contributed by atoms with van der Waals surface area (Å²) in [5.41, 5.74) is 6.42. The lowest BCUT2D eigenvalue weighted by molar-refractivity contribution is 0.245. The second-order valence-corrected chi connectivity index (χ2v) is 6.46. The molecule has 0 amide bonds. The van der Waals surface area contributed by atoms with E-state index in [1.165, 1.54) is 25.1 Å². The van der Waals surface area contributed by atoms with Crippen molar-refractivity contribution >= 4 is 0 Å². The average Bonchev–Trinajstić information content (AvgIpc) is 2.76. The van der Waals surface area contributed by atoms with E-state index in [-0.39, 0.29) is 11.5 Å². The molecular weight excluding hydrogens is 224 g/mol. The molecule has 2 N–H and O–H groups in total. The van der Waals surface area contributed by atoms with Gasteiger partial charge in [0.1, 0.15) is 11.6 Å². The Morgan fingerprint density at radius 2 is 2.11 bits per heavy atom. The Labute approximate surface area is 109 Å². The van der Waals surface area contributed by atoms with Crippen molar-refractivity contribution in [3.05, 3.63) is 11.6 Å². The predicted molar refractivity (Wildman–Crippen MR) is 71.3 cm³/mol. The number of rotatable bonds is 1. The smallest absolute Gasteiger partial charge is 0.140 e. The van der Waals surface area contributed by atoms with Gasteiger partial charge in [-0.1, -0.05) is 26.7 Å². The van der Waals surface area contributed by atoms with Crippen LogP contribution in [-0.4, -0.2) is 20.8 Å². The molecule has 3 rings (SSSR count). The Morgan fingerprint density at radius 3 is 2.89 bits per heavy atom. The lowest BCUT2D eigenvalue weighted by atomic mass is 9.71. The third kappa shape index (κ3) is 1.78. The maximum atomic E-state index is 6.38. The van der Waals surface area contributed by atoms with Crippen molar-refractivity contribution in [1.29, 1.82) is 0 Å². The standard InChI is InChI=1S/C14H24N4/c1-10-6-8-18-12(9-10)16-17-13(18)14(2)7-4-3-5-11(14)15/h10-11H,3-9,15H2,1-2H3. The first-order chi connectivity index (χ1) is 8.61. The fraction of sp³-hybridized carbons (Fsp3) is 0.857. The van der Waals surface area contributed by atoms with Gasteiger partial charge in [-0.15, -0.1) is 10.2 Å². The van der Waals surface area contributed by atoms with Crippen LogP contribution in [0.15, 0.2) is 0 Å². The Balaban J connectivity index is 1.97. The van der Waals surface area contributed by atoms with Gasteiger partial charge in [0.05, 0.1) is 0 Å². The van der Waals surface area contributed by atoms with Gasteiger partial charge in [0.15, 0.2) is 0 Å². The van der Waals surface area contributed by atoms with Crippen molar-refractivity contribution in [3.63, 3.8) is 0 Å². The normalized spacial score (nSPS) is 36.4. The molecule has 0 bridgehead atoms. The van der Waals surface area contributed by atoms with Crippen LogP contribution in [-0.2, 0) is 18.4 Å². The molecule has 0 spiro atoms. The maximum absolute atomic E-state index is 6.38. The summed E-state index contributed by atoms with van der Waals surface area (Å²) in [6.45, 7) is 5.65. The largest absolute Gasteiger partial charge is 0.327 e. The first-order valence-electron chi connectivity index (χ1n) is 7.29. The van der Waals surface area contributed by atoms with E-state index in [0.717, 1.165) is 37.5 Å². The van der Waals surface area contributed by atoms with Crippen molar-refractivity contribution < 1.29 is 0 Å². The van der Waals surface area contributed by atoms with E-state index in [0.29, 0.717) is 0 Å². The number of aromatic nitrogens is 3. The number of hydrogen-bond donors (Lipinski definition) is 1. The number of hydrogen-bond acceptors (Lipinski definition) is 3. The summed E-state index contributed by atoms with van der Waals surface area (Å²) in [4.78, 5) is 0. The topological polar surface area (TPSA) is 56.7 Å². The molecule has 1 fully saturated rings. The monoisotopic (exact) mass is 248 g/mol. The molecule has 2 heterocycles. The summed E-state index contributed by atoms with van der Waals surface area (Å²) in [5, 5.41) is 8.93. The van der Waals surface area contributed by atoms with Crippen LogP contribution in [0.3, 0.4) is 0 Å². The van der Waals surface area contributed by atoms with E-state index >= 15 is 0 Å². The number of nitrogens with two attached hydrogens (primary N) is 1. The summed E-state index contributed by atoms with van der Waals surface area (Å²) in [5.74, 6) is 3.06. The number of fused-ring (bicyclic) bond motifs is 1. The van der Waals surface area contributed by atoms with Gasteiger partial charge in [0.25, 0.3) is 0 Å². The molecule has 4 nitrogen and oxygen atoms in total. The van der Waals surface area contributed by atoms with Crippen molar-refractivity contribution in [3.8, 4) is 0 Å². The van der Waals surface area contributed by atoms with E-state index in [1.54, 1.807) is 0 Å². The molecule has 1 saturated carbocycles. The Hall–Kier alpha value is -0.900. The number of nitrogens with zero attached hydrogens (tertiary/aromatic N) is 3. The minimum Gasteiger partial charge on any atom is -0.327 e. The lowest BCUT2D eigenvalue weighted by Crippen LogP contribution is -2.47. The van der Waals surface area contributed by atoms with Crippen LogP contribution in [0.4, 0.5) is 0 Å². The SMILES string of the molecule is CC1CCn2c(nnc2C2(C)CCCCC2N)C1.